The molecule has 2 aliphatic heterocycles. The van der Waals surface area contributed by atoms with Gasteiger partial charge in [-0.25, -0.2) is 4.79 Å². The van der Waals surface area contributed by atoms with Crippen LogP contribution in [0, 0.1) is 0 Å². The van der Waals surface area contributed by atoms with E-state index >= 15 is 0 Å². The molecule has 0 unspecified atom stereocenters. The van der Waals surface area contributed by atoms with Gasteiger partial charge in [0.2, 0.25) is 0 Å². The Morgan fingerprint density at radius 2 is 1.96 bits per heavy atom. The summed E-state index contributed by atoms with van der Waals surface area (Å²) >= 11 is 0. The predicted molar refractivity (Wildman–Crippen MR) is 105 cm³/mol. The van der Waals surface area contributed by atoms with Gasteiger partial charge in [-0.1, -0.05) is 0 Å². The van der Waals surface area contributed by atoms with E-state index in [2.05, 4.69) is 10.2 Å². The SMILES string of the molecule is COC(=O)C1=C(Nc2ccc(N3CCCCC3)c(OC)c2)C(=O)N(CCO)C1. The highest BCUT2D eigenvalue weighted by molar-refractivity contribution is 6.08. The number of rotatable bonds is 7. The number of methoxy groups -OCH3 is 2. The average Bonchev–Trinajstić information content (AvgIpc) is 3.04. The first-order valence-corrected chi connectivity index (χ1v) is 9.50. The van der Waals surface area contributed by atoms with Gasteiger partial charge in [0.05, 0.1) is 38.6 Å². The molecule has 8 nitrogen and oxygen atoms in total. The molecule has 28 heavy (non-hydrogen) atoms. The van der Waals surface area contributed by atoms with E-state index < -0.39 is 5.97 Å². The van der Waals surface area contributed by atoms with Crippen LogP contribution in [-0.2, 0) is 14.3 Å². The Hall–Kier alpha value is -2.74. The third-order valence-corrected chi connectivity index (χ3v) is 5.10. The molecule has 0 aliphatic carbocycles. The number of esters is 1. The second kappa shape index (κ2) is 8.97. The van der Waals surface area contributed by atoms with Gasteiger partial charge in [0.1, 0.15) is 11.4 Å². The van der Waals surface area contributed by atoms with Crippen molar-refractivity contribution in [3.05, 3.63) is 29.5 Å². The maximum Gasteiger partial charge on any atom is 0.337 e. The summed E-state index contributed by atoms with van der Waals surface area (Å²) in [4.78, 5) is 28.5. The minimum atomic E-state index is -0.562. The summed E-state index contributed by atoms with van der Waals surface area (Å²) in [5.74, 6) is -0.188. The molecule has 0 spiro atoms. The van der Waals surface area contributed by atoms with Gasteiger partial charge in [-0.3, -0.25) is 4.79 Å². The predicted octanol–water partition coefficient (Wildman–Crippen LogP) is 1.36. The molecule has 0 aromatic heterocycles. The van der Waals surface area contributed by atoms with E-state index in [1.54, 1.807) is 7.11 Å². The first-order chi connectivity index (χ1) is 13.6. The Morgan fingerprint density at radius 3 is 2.61 bits per heavy atom. The Bertz CT molecular complexity index is 771. The van der Waals surface area contributed by atoms with Crippen molar-refractivity contribution in [1.82, 2.24) is 4.90 Å². The number of carbonyl (C=O) groups is 2. The van der Waals surface area contributed by atoms with Gasteiger partial charge in [-0.15, -0.1) is 0 Å². The number of hydrogen-bond donors (Lipinski definition) is 2. The smallest absolute Gasteiger partial charge is 0.337 e. The third kappa shape index (κ3) is 4.06. The fraction of sp³-hybridized carbons (Fsp3) is 0.500. The fourth-order valence-corrected chi connectivity index (χ4v) is 3.64. The normalized spacial score (nSPS) is 17.2. The molecule has 1 saturated heterocycles. The zero-order valence-electron chi connectivity index (χ0n) is 16.4. The van der Waals surface area contributed by atoms with Crippen molar-refractivity contribution < 1.29 is 24.2 Å². The van der Waals surface area contributed by atoms with Crippen LogP contribution in [0.2, 0.25) is 0 Å². The van der Waals surface area contributed by atoms with E-state index in [-0.39, 0.29) is 36.9 Å². The van der Waals surface area contributed by atoms with Gasteiger partial charge >= 0.3 is 5.97 Å². The lowest BCUT2D eigenvalue weighted by atomic mass is 10.1. The first kappa shape index (κ1) is 20.0. The summed E-state index contributed by atoms with van der Waals surface area (Å²) in [6.07, 6.45) is 3.57. The number of nitrogens with zero attached hydrogens (tertiary/aromatic N) is 2. The van der Waals surface area contributed by atoms with Crippen molar-refractivity contribution in [3.8, 4) is 5.75 Å². The molecule has 0 atom stereocenters. The van der Waals surface area contributed by atoms with Crippen molar-refractivity contribution in [2.45, 2.75) is 19.3 Å². The number of nitrogens with one attached hydrogen (secondary N) is 1. The molecule has 0 radical (unpaired) electrons. The average molecular weight is 389 g/mol. The zero-order valence-corrected chi connectivity index (χ0v) is 16.4. The van der Waals surface area contributed by atoms with Crippen molar-refractivity contribution in [2.24, 2.45) is 0 Å². The van der Waals surface area contributed by atoms with Gasteiger partial charge in [0.25, 0.3) is 5.91 Å². The summed E-state index contributed by atoms with van der Waals surface area (Å²) in [5, 5.41) is 12.2. The number of carbonyl (C=O) groups excluding carboxylic acids is 2. The Balaban J connectivity index is 1.86. The van der Waals surface area contributed by atoms with Crippen LogP contribution in [0.3, 0.4) is 0 Å². The van der Waals surface area contributed by atoms with E-state index in [1.165, 1.54) is 18.4 Å². The molecule has 1 aromatic rings. The molecular weight excluding hydrogens is 362 g/mol. The van der Waals surface area contributed by atoms with Gasteiger partial charge in [-0.2, -0.15) is 0 Å². The van der Waals surface area contributed by atoms with Crippen LogP contribution >= 0.6 is 0 Å². The monoisotopic (exact) mass is 389 g/mol. The molecule has 1 amide bonds. The quantitative estimate of drug-likeness (QED) is 0.681. The Kier molecular flexibility index (Phi) is 6.41. The number of benzene rings is 1. The topological polar surface area (TPSA) is 91.3 Å². The van der Waals surface area contributed by atoms with Crippen molar-refractivity contribution in [2.75, 3.05) is 57.2 Å². The largest absolute Gasteiger partial charge is 0.495 e. The van der Waals surface area contributed by atoms with Crippen LogP contribution in [-0.4, -0.2) is 68.9 Å². The number of aliphatic hydroxyl groups excluding tert-OH is 1. The van der Waals surface area contributed by atoms with Crippen molar-refractivity contribution in [3.63, 3.8) is 0 Å². The highest BCUT2D eigenvalue weighted by Gasteiger charge is 2.34. The number of piperidine rings is 1. The minimum absolute atomic E-state index is 0.109. The highest BCUT2D eigenvalue weighted by atomic mass is 16.5. The second-order valence-electron chi connectivity index (χ2n) is 6.85. The van der Waals surface area contributed by atoms with E-state index in [1.807, 2.05) is 18.2 Å². The summed E-state index contributed by atoms with van der Waals surface area (Å²) in [6, 6.07) is 5.67. The van der Waals surface area contributed by atoms with E-state index in [4.69, 9.17) is 14.6 Å². The number of ether oxygens (including phenoxy) is 2. The maximum atomic E-state index is 12.6. The lowest BCUT2D eigenvalue weighted by Crippen LogP contribution is -2.31. The van der Waals surface area contributed by atoms with E-state index in [0.717, 1.165) is 31.6 Å². The zero-order chi connectivity index (χ0) is 20.1. The molecule has 2 aliphatic rings. The van der Waals surface area contributed by atoms with Gasteiger partial charge in [-0.05, 0) is 31.4 Å². The first-order valence-electron chi connectivity index (χ1n) is 9.50. The number of amides is 1. The number of aliphatic hydroxyl groups is 1. The maximum absolute atomic E-state index is 12.6. The standard InChI is InChI=1S/C20H27N3O5/c1-27-17-12-14(6-7-16(17)22-8-4-3-5-9-22)21-18-15(20(26)28-2)13-23(10-11-24)19(18)25/h6-7,12,21,24H,3-5,8-11,13H2,1-2H3. The molecule has 0 saturated carbocycles. The molecule has 3 rings (SSSR count). The van der Waals surface area contributed by atoms with Crippen molar-refractivity contribution in [1.29, 1.82) is 0 Å². The van der Waals surface area contributed by atoms with Crippen LogP contribution in [0.1, 0.15) is 19.3 Å². The van der Waals surface area contributed by atoms with Gasteiger partial charge in [0, 0.05) is 31.4 Å². The van der Waals surface area contributed by atoms with Gasteiger partial charge in [0.15, 0.2) is 0 Å². The molecule has 1 fully saturated rings. The summed E-state index contributed by atoms with van der Waals surface area (Å²) in [5.41, 5.74) is 2.09. The molecule has 152 valence electrons. The van der Waals surface area contributed by atoms with E-state index in [0.29, 0.717) is 11.4 Å². The van der Waals surface area contributed by atoms with Gasteiger partial charge < -0.3 is 29.7 Å². The third-order valence-electron chi connectivity index (χ3n) is 5.10. The van der Waals surface area contributed by atoms with Crippen LogP contribution in [0.4, 0.5) is 11.4 Å². The highest BCUT2D eigenvalue weighted by Crippen LogP contribution is 2.34. The summed E-state index contributed by atoms with van der Waals surface area (Å²) in [6.45, 7) is 2.08. The minimum Gasteiger partial charge on any atom is -0.495 e. The lowest BCUT2D eigenvalue weighted by Gasteiger charge is -2.30. The van der Waals surface area contributed by atoms with Crippen molar-refractivity contribution >= 4 is 23.3 Å². The Labute approximate surface area is 164 Å². The number of β-amino-alcohol motifs (C(OH)–C–C–N with tert-alkyl or cyclic N) is 1. The summed E-state index contributed by atoms with van der Waals surface area (Å²) in [7, 11) is 2.90. The molecule has 2 N–H and O–H groups in total. The van der Waals surface area contributed by atoms with Crippen LogP contribution in [0.5, 0.6) is 5.75 Å². The fourth-order valence-electron chi connectivity index (χ4n) is 3.64. The lowest BCUT2D eigenvalue weighted by molar-refractivity contribution is -0.136. The van der Waals surface area contributed by atoms with Crippen LogP contribution in [0.25, 0.3) is 0 Å². The molecule has 1 aromatic carbocycles. The van der Waals surface area contributed by atoms with Crippen LogP contribution < -0.4 is 15.0 Å². The molecule has 2 heterocycles. The second-order valence-corrected chi connectivity index (χ2v) is 6.85. The van der Waals surface area contributed by atoms with E-state index in [9.17, 15) is 9.59 Å². The number of hydrogen-bond acceptors (Lipinski definition) is 7. The molecule has 0 bridgehead atoms. The van der Waals surface area contributed by atoms with Crippen LogP contribution in [0.15, 0.2) is 29.5 Å². The molecular formula is C20H27N3O5. The number of anilines is 2. The Morgan fingerprint density at radius 1 is 1.21 bits per heavy atom. The summed E-state index contributed by atoms with van der Waals surface area (Å²) < 4.78 is 10.4. The molecule has 8 heteroatoms.